The van der Waals surface area contributed by atoms with Gasteiger partial charge in [0.25, 0.3) is 11.8 Å². The second-order valence-electron chi connectivity index (χ2n) is 9.54. The molecule has 2 aliphatic rings. The Hall–Kier alpha value is -4.14. The molecule has 2 aromatic carbocycles. The van der Waals surface area contributed by atoms with Crippen molar-refractivity contribution in [3.8, 4) is 0 Å². The number of likely N-dealkylation sites (tertiary alicyclic amines) is 2. The van der Waals surface area contributed by atoms with Crippen molar-refractivity contribution in [2.45, 2.75) is 38.4 Å². The first-order chi connectivity index (χ1) is 17.3. The summed E-state index contributed by atoms with van der Waals surface area (Å²) in [6.45, 7) is 3.99. The number of carbonyl (C=O) groups is 4. The van der Waals surface area contributed by atoms with Crippen molar-refractivity contribution >= 4 is 34.5 Å². The summed E-state index contributed by atoms with van der Waals surface area (Å²) in [7, 11) is 0. The van der Waals surface area contributed by atoms with E-state index in [0.29, 0.717) is 29.6 Å². The first-order valence-corrected chi connectivity index (χ1v) is 12.1. The number of Topliss-reactive ketones (excluding diaryl/α,β-unsaturated/α-hetero) is 1. The molecule has 0 aliphatic carbocycles. The number of benzene rings is 2. The van der Waals surface area contributed by atoms with Gasteiger partial charge in [-0.25, -0.2) is 4.98 Å². The van der Waals surface area contributed by atoms with Crippen LogP contribution in [0.1, 0.15) is 41.1 Å². The van der Waals surface area contributed by atoms with Crippen LogP contribution in [0.2, 0.25) is 0 Å². The van der Waals surface area contributed by atoms with Crippen LogP contribution in [0.5, 0.6) is 0 Å². The molecular weight excluding hydrogens is 458 g/mol. The lowest BCUT2D eigenvalue weighted by Crippen LogP contribution is -2.54. The van der Waals surface area contributed by atoms with E-state index < -0.39 is 18.0 Å². The molecule has 0 radical (unpaired) electrons. The predicted molar refractivity (Wildman–Crippen MR) is 132 cm³/mol. The second kappa shape index (κ2) is 9.49. The largest absolute Gasteiger partial charge is 0.339 e. The lowest BCUT2D eigenvalue weighted by Gasteiger charge is -2.30. The fraction of sp³-hybridized carbons (Fsp3) is 0.333. The highest BCUT2D eigenvalue weighted by Crippen LogP contribution is 2.32. The van der Waals surface area contributed by atoms with Crippen LogP contribution < -0.4 is 5.32 Å². The van der Waals surface area contributed by atoms with E-state index in [1.807, 2.05) is 32.0 Å². The first-order valence-electron chi connectivity index (χ1n) is 12.1. The van der Waals surface area contributed by atoms with Gasteiger partial charge in [-0.15, -0.1) is 0 Å². The van der Waals surface area contributed by atoms with Crippen molar-refractivity contribution in [3.05, 3.63) is 72.1 Å². The highest BCUT2D eigenvalue weighted by molar-refractivity contribution is 6.03. The molecule has 1 aromatic heterocycles. The number of nitrogens with one attached hydrogen (secondary N) is 1. The lowest BCUT2D eigenvalue weighted by molar-refractivity contribution is -0.138. The molecule has 9 nitrogen and oxygen atoms in total. The number of ketones is 1. The first kappa shape index (κ1) is 23.6. The topological polar surface area (TPSA) is 113 Å². The molecule has 0 saturated carbocycles. The highest BCUT2D eigenvalue weighted by atomic mass is 16.2. The molecule has 3 amide bonds. The number of amides is 3. The van der Waals surface area contributed by atoms with Crippen LogP contribution in [-0.4, -0.2) is 74.5 Å². The van der Waals surface area contributed by atoms with Crippen LogP contribution in [0.4, 0.5) is 0 Å². The zero-order chi connectivity index (χ0) is 25.4. The fourth-order valence-corrected chi connectivity index (χ4v) is 5.06. The summed E-state index contributed by atoms with van der Waals surface area (Å²) < 4.78 is 0. The molecule has 3 atom stereocenters. The van der Waals surface area contributed by atoms with E-state index >= 15 is 0 Å². The summed E-state index contributed by atoms with van der Waals surface area (Å²) >= 11 is 0. The molecule has 5 rings (SSSR count). The summed E-state index contributed by atoms with van der Waals surface area (Å²) in [6, 6.07) is 14.1. The standard InChI is InChI=1S/C27H27N5O4/c1-16(2)23(30-25(34)20-14-28-18-10-6-7-11-19(18)29-20)27(36)31-13-12-21-24(31)22(33)15-32(21)26(35)17-8-4-3-5-9-17/h3-11,14,16,21,23-24H,12-13,15H2,1-2H3,(H,30,34)/t21-,23?,24+/m1/s1. The van der Waals surface area contributed by atoms with E-state index in [0.717, 1.165) is 0 Å². The van der Waals surface area contributed by atoms with E-state index in [2.05, 4.69) is 15.3 Å². The molecule has 0 spiro atoms. The smallest absolute Gasteiger partial charge is 0.272 e. The predicted octanol–water partition coefficient (Wildman–Crippen LogP) is 2.08. The minimum atomic E-state index is -0.851. The van der Waals surface area contributed by atoms with Crippen molar-refractivity contribution in [2.24, 2.45) is 5.92 Å². The summed E-state index contributed by atoms with van der Waals surface area (Å²) in [5, 5.41) is 2.80. The monoisotopic (exact) mass is 485 g/mol. The average Bonchev–Trinajstić information content (AvgIpc) is 3.47. The molecule has 36 heavy (non-hydrogen) atoms. The lowest BCUT2D eigenvalue weighted by atomic mass is 10.0. The number of fused-ring (bicyclic) bond motifs is 2. The average molecular weight is 486 g/mol. The Balaban J connectivity index is 1.33. The molecule has 184 valence electrons. The van der Waals surface area contributed by atoms with Gasteiger partial charge in [0, 0.05) is 12.1 Å². The number of para-hydroxylation sites is 2. The molecule has 0 bridgehead atoms. The van der Waals surface area contributed by atoms with Crippen LogP contribution in [0.15, 0.2) is 60.8 Å². The molecule has 3 heterocycles. The van der Waals surface area contributed by atoms with Crippen molar-refractivity contribution in [1.82, 2.24) is 25.1 Å². The number of carbonyl (C=O) groups excluding carboxylic acids is 4. The van der Waals surface area contributed by atoms with Crippen molar-refractivity contribution in [3.63, 3.8) is 0 Å². The molecule has 3 aromatic rings. The Labute approximate surface area is 208 Å². The van der Waals surface area contributed by atoms with Crippen molar-refractivity contribution in [1.29, 1.82) is 0 Å². The van der Waals surface area contributed by atoms with Gasteiger partial charge in [0.05, 0.1) is 29.8 Å². The Kier molecular flexibility index (Phi) is 6.22. The Morgan fingerprint density at radius 3 is 2.39 bits per heavy atom. The van der Waals surface area contributed by atoms with Gasteiger partial charge in [-0.3, -0.25) is 24.2 Å². The van der Waals surface area contributed by atoms with Gasteiger partial charge in [-0.05, 0) is 36.6 Å². The fourth-order valence-electron chi connectivity index (χ4n) is 5.06. The van der Waals surface area contributed by atoms with Gasteiger partial charge in [0.1, 0.15) is 17.8 Å². The number of hydrogen-bond donors (Lipinski definition) is 1. The molecule has 2 fully saturated rings. The van der Waals surface area contributed by atoms with E-state index in [4.69, 9.17) is 0 Å². The molecule has 2 saturated heterocycles. The van der Waals surface area contributed by atoms with Crippen LogP contribution in [0.3, 0.4) is 0 Å². The molecule has 2 aliphatic heterocycles. The van der Waals surface area contributed by atoms with Crippen molar-refractivity contribution in [2.75, 3.05) is 13.1 Å². The maximum absolute atomic E-state index is 13.6. The Morgan fingerprint density at radius 1 is 0.972 bits per heavy atom. The molecule has 1 unspecified atom stereocenters. The third kappa shape index (κ3) is 4.21. The number of rotatable bonds is 5. The maximum atomic E-state index is 13.6. The quantitative estimate of drug-likeness (QED) is 0.592. The number of aromatic nitrogens is 2. The van der Waals surface area contributed by atoms with Crippen LogP contribution >= 0.6 is 0 Å². The number of nitrogens with zero attached hydrogens (tertiary/aromatic N) is 4. The molecule has 1 N–H and O–H groups in total. The summed E-state index contributed by atoms with van der Waals surface area (Å²) in [5.41, 5.74) is 1.88. The summed E-state index contributed by atoms with van der Waals surface area (Å²) in [5.74, 6) is -1.44. The van der Waals surface area contributed by atoms with Gasteiger partial charge >= 0.3 is 0 Å². The normalized spacial score (nSPS) is 20.0. The third-order valence-electron chi connectivity index (χ3n) is 6.89. The Bertz CT molecular complexity index is 1340. The Morgan fingerprint density at radius 2 is 1.67 bits per heavy atom. The van der Waals surface area contributed by atoms with Crippen molar-refractivity contribution < 1.29 is 19.2 Å². The van der Waals surface area contributed by atoms with E-state index in [1.165, 1.54) is 11.1 Å². The summed E-state index contributed by atoms with van der Waals surface area (Å²) in [4.78, 5) is 64.4. The zero-order valence-electron chi connectivity index (χ0n) is 20.1. The highest BCUT2D eigenvalue weighted by Gasteiger charge is 2.52. The zero-order valence-corrected chi connectivity index (χ0v) is 20.1. The minimum Gasteiger partial charge on any atom is -0.339 e. The van der Waals surface area contributed by atoms with Gasteiger partial charge in [-0.2, -0.15) is 0 Å². The van der Waals surface area contributed by atoms with Crippen LogP contribution in [0.25, 0.3) is 11.0 Å². The molecule has 9 heteroatoms. The van der Waals surface area contributed by atoms with Gasteiger partial charge in [-0.1, -0.05) is 44.2 Å². The van der Waals surface area contributed by atoms with E-state index in [-0.39, 0.29) is 41.8 Å². The van der Waals surface area contributed by atoms with Gasteiger partial charge in [0.2, 0.25) is 5.91 Å². The van der Waals surface area contributed by atoms with Gasteiger partial charge in [0.15, 0.2) is 5.78 Å². The van der Waals surface area contributed by atoms with E-state index in [9.17, 15) is 19.2 Å². The third-order valence-corrected chi connectivity index (χ3v) is 6.89. The minimum absolute atomic E-state index is 0.0295. The SMILES string of the molecule is CC(C)C(NC(=O)c1cnc2ccccc2n1)C(=O)N1CC[C@@H]2[C@H]1C(=O)CN2C(=O)c1ccccc1. The second-order valence-corrected chi connectivity index (χ2v) is 9.54. The van der Waals surface area contributed by atoms with Gasteiger partial charge < -0.3 is 15.1 Å². The maximum Gasteiger partial charge on any atom is 0.272 e. The van der Waals surface area contributed by atoms with Crippen LogP contribution in [-0.2, 0) is 9.59 Å². The molecular formula is C27H27N5O4. The number of hydrogen-bond acceptors (Lipinski definition) is 6. The van der Waals surface area contributed by atoms with E-state index in [1.54, 1.807) is 41.3 Å². The summed E-state index contributed by atoms with van der Waals surface area (Å²) in [6.07, 6.45) is 1.90. The van der Waals surface area contributed by atoms with Crippen LogP contribution in [0, 0.1) is 5.92 Å².